The molecule has 1 aliphatic carbocycles. The summed E-state index contributed by atoms with van der Waals surface area (Å²) in [6.07, 6.45) is 6.44. The van der Waals surface area contributed by atoms with Crippen molar-refractivity contribution in [3.63, 3.8) is 0 Å². The highest BCUT2D eigenvalue weighted by atomic mass is 15.2. The molecule has 0 aliphatic heterocycles. The van der Waals surface area contributed by atoms with Crippen LogP contribution in [0.3, 0.4) is 0 Å². The van der Waals surface area contributed by atoms with Crippen LogP contribution in [-0.2, 0) is 6.54 Å². The first kappa shape index (κ1) is 14.4. The molecule has 20 heavy (non-hydrogen) atoms. The fourth-order valence-corrected chi connectivity index (χ4v) is 2.52. The lowest BCUT2D eigenvalue weighted by Gasteiger charge is -2.24. The molecule has 0 spiro atoms. The minimum atomic E-state index is 0.552. The summed E-state index contributed by atoms with van der Waals surface area (Å²) in [6, 6.07) is 10.3. The van der Waals surface area contributed by atoms with E-state index in [2.05, 4.69) is 21.7 Å². The van der Waals surface area contributed by atoms with Crippen molar-refractivity contribution in [2.24, 2.45) is 4.99 Å². The molecule has 2 rings (SSSR count). The largest absolute Gasteiger partial charge is 0.354 e. The molecule has 1 saturated carbocycles. The van der Waals surface area contributed by atoms with E-state index in [1.165, 1.54) is 32.1 Å². The van der Waals surface area contributed by atoms with Crippen molar-refractivity contribution in [2.75, 3.05) is 7.05 Å². The Morgan fingerprint density at radius 3 is 2.55 bits per heavy atom. The molecular formula is C16H22N4. The lowest BCUT2D eigenvalue weighted by Crippen LogP contribution is -2.43. The Kier molecular flexibility index (Phi) is 5.43. The van der Waals surface area contributed by atoms with E-state index in [0.29, 0.717) is 11.6 Å². The van der Waals surface area contributed by atoms with Gasteiger partial charge in [-0.15, -0.1) is 0 Å². The Balaban J connectivity index is 1.82. The summed E-state index contributed by atoms with van der Waals surface area (Å²) in [5.74, 6) is 0.862. The van der Waals surface area contributed by atoms with Crippen LogP contribution in [0.4, 0.5) is 0 Å². The summed E-state index contributed by atoms with van der Waals surface area (Å²) in [5, 5.41) is 15.6. The summed E-state index contributed by atoms with van der Waals surface area (Å²) in [4.78, 5) is 4.27. The zero-order valence-corrected chi connectivity index (χ0v) is 12.0. The van der Waals surface area contributed by atoms with Gasteiger partial charge in [-0.1, -0.05) is 31.4 Å². The summed E-state index contributed by atoms with van der Waals surface area (Å²) < 4.78 is 0. The van der Waals surface area contributed by atoms with Crippen LogP contribution in [0.5, 0.6) is 0 Å². The number of aliphatic imine (C=N–C) groups is 1. The summed E-state index contributed by atoms with van der Waals surface area (Å²) in [6.45, 7) is 0.720. The summed E-state index contributed by atoms with van der Waals surface area (Å²) in [5.41, 5.74) is 1.84. The normalized spacial score (nSPS) is 16.5. The lowest BCUT2D eigenvalue weighted by atomic mass is 9.96. The molecular weight excluding hydrogens is 248 g/mol. The maximum atomic E-state index is 8.77. The Morgan fingerprint density at radius 1 is 1.25 bits per heavy atom. The van der Waals surface area contributed by atoms with Gasteiger partial charge >= 0.3 is 0 Å². The van der Waals surface area contributed by atoms with E-state index in [4.69, 9.17) is 5.26 Å². The third-order valence-corrected chi connectivity index (χ3v) is 3.71. The minimum Gasteiger partial charge on any atom is -0.354 e. The molecule has 0 unspecified atom stereocenters. The van der Waals surface area contributed by atoms with Gasteiger partial charge < -0.3 is 10.6 Å². The molecule has 1 aromatic rings. The molecule has 1 fully saturated rings. The number of rotatable bonds is 3. The average molecular weight is 270 g/mol. The monoisotopic (exact) mass is 270 g/mol. The quantitative estimate of drug-likeness (QED) is 0.655. The summed E-state index contributed by atoms with van der Waals surface area (Å²) in [7, 11) is 1.80. The third kappa shape index (κ3) is 4.27. The second kappa shape index (κ2) is 7.54. The number of guanidine groups is 1. The molecule has 4 nitrogen and oxygen atoms in total. The standard InChI is InChI=1S/C16H22N4/c1-18-16(20-15-5-3-2-4-6-15)19-12-14-9-7-13(11-17)8-10-14/h7-10,15H,2-6,12H2,1H3,(H2,18,19,20). The van der Waals surface area contributed by atoms with Crippen molar-refractivity contribution in [1.82, 2.24) is 10.6 Å². The number of nitrogens with zero attached hydrogens (tertiary/aromatic N) is 2. The van der Waals surface area contributed by atoms with E-state index in [9.17, 15) is 0 Å². The predicted molar refractivity (Wildman–Crippen MR) is 81.4 cm³/mol. The highest BCUT2D eigenvalue weighted by molar-refractivity contribution is 5.79. The van der Waals surface area contributed by atoms with E-state index in [0.717, 1.165) is 18.1 Å². The molecule has 2 N–H and O–H groups in total. The van der Waals surface area contributed by atoms with Gasteiger partial charge in [-0.05, 0) is 30.5 Å². The first-order valence-corrected chi connectivity index (χ1v) is 7.28. The van der Waals surface area contributed by atoms with Gasteiger partial charge in [0, 0.05) is 19.6 Å². The topological polar surface area (TPSA) is 60.2 Å². The van der Waals surface area contributed by atoms with E-state index in [1.807, 2.05) is 24.3 Å². The van der Waals surface area contributed by atoms with Gasteiger partial charge in [0.15, 0.2) is 5.96 Å². The van der Waals surface area contributed by atoms with Crippen LogP contribution in [0.2, 0.25) is 0 Å². The Labute approximate surface area is 120 Å². The Hall–Kier alpha value is -2.02. The van der Waals surface area contributed by atoms with E-state index in [1.54, 1.807) is 7.05 Å². The molecule has 0 radical (unpaired) electrons. The molecule has 0 amide bonds. The van der Waals surface area contributed by atoms with Gasteiger partial charge in [0.25, 0.3) is 0 Å². The molecule has 1 aromatic carbocycles. The van der Waals surface area contributed by atoms with Crippen LogP contribution < -0.4 is 10.6 Å². The second-order valence-electron chi connectivity index (χ2n) is 5.21. The highest BCUT2D eigenvalue weighted by Crippen LogP contribution is 2.17. The van der Waals surface area contributed by atoms with Gasteiger partial charge in [0.2, 0.25) is 0 Å². The molecule has 0 heterocycles. The maximum absolute atomic E-state index is 8.77. The van der Waals surface area contributed by atoms with Crippen molar-refractivity contribution in [3.05, 3.63) is 35.4 Å². The first-order chi connectivity index (χ1) is 9.81. The highest BCUT2D eigenvalue weighted by Gasteiger charge is 2.14. The van der Waals surface area contributed by atoms with Gasteiger partial charge in [0.1, 0.15) is 0 Å². The smallest absolute Gasteiger partial charge is 0.191 e. The van der Waals surface area contributed by atoms with Crippen LogP contribution >= 0.6 is 0 Å². The Bertz CT molecular complexity index is 478. The minimum absolute atomic E-state index is 0.552. The number of hydrogen-bond acceptors (Lipinski definition) is 2. The van der Waals surface area contributed by atoms with Crippen LogP contribution in [0.25, 0.3) is 0 Å². The molecule has 106 valence electrons. The molecule has 0 saturated heterocycles. The Morgan fingerprint density at radius 2 is 1.95 bits per heavy atom. The van der Waals surface area contributed by atoms with E-state index < -0.39 is 0 Å². The number of hydrogen-bond donors (Lipinski definition) is 2. The zero-order valence-electron chi connectivity index (χ0n) is 12.0. The van der Waals surface area contributed by atoms with E-state index >= 15 is 0 Å². The fourth-order valence-electron chi connectivity index (χ4n) is 2.52. The van der Waals surface area contributed by atoms with Crippen LogP contribution in [0.1, 0.15) is 43.2 Å². The SMILES string of the molecule is CN=C(NCc1ccc(C#N)cc1)NC1CCCCC1. The molecule has 0 atom stereocenters. The molecule has 1 aliphatic rings. The second-order valence-corrected chi connectivity index (χ2v) is 5.21. The fraction of sp³-hybridized carbons (Fsp3) is 0.500. The summed E-state index contributed by atoms with van der Waals surface area (Å²) >= 11 is 0. The van der Waals surface area contributed by atoms with Crippen molar-refractivity contribution in [2.45, 2.75) is 44.7 Å². The molecule has 4 heteroatoms. The van der Waals surface area contributed by atoms with Gasteiger partial charge in [0.05, 0.1) is 11.6 Å². The van der Waals surface area contributed by atoms with Crippen LogP contribution in [-0.4, -0.2) is 19.0 Å². The van der Waals surface area contributed by atoms with Crippen molar-refractivity contribution >= 4 is 5.96 Å². The third-order valence-electron chi connectivity index (χ3n) is 3.71. The lowest BCUT2D eigenvalue weighted by molar-refractivity contribution is 0.410. The number of benzene rings is 1. The van der Waals surface area contributed by atoms with Gasteiger partial charge in [-0.3, -0.25) is 4.99 Å². The predicted octanol–water partition coefficient (Wildman–Crippen LogP) is 2.56. The van der Waals surface area contributed by atoms with Crippen LogP contribution in [0.15, 0.2) is 29.3 Å². The zero-order chi connectivity index (χ0) is 14.2. The van der Waals surface area contributed by atoms with Gasteiger partial charge in [-0.2, -0.15) is 5.26 Å². The maximum Gasteiger partial charge on any atom is 0.191 e. The molecule has 0 aromatic heterocycles. The van der Waals surface area contributed by atoms with Crippen molar-refractivity contribution in [1.29, 1.82) is 5.26 Å². The van der Waals surface area contributed by atoms with Crippen LogP contribution in [0, 0.1) is 11.3 Å². The number of nitrogens with one attached hydrogen (secondary N) is 2. The average Bonchev–Trinajstić information content (AvgIpc) is 2.53. The van der Waals surface area contributed by atoms with Crippen molar-refractivity contribution in [3.8, 4) is 6.07 Å². The van der Waals surface area contributed by atoms with Crippen molar-refractivity contribution < 1.29 is 0 Å². The van der Waals surface area contributed by atoms with E-state index in [-0.39, 0.29) is 0 Å². The first-order valence-electron chi connectivity index (χ1n) is 7.28. The molecule has 0 bridgehead atoms. The number of nitriles is 1. The van der Waals surface area contributed by atoms with Gasteiger partial charge in [-0.25, -0.2) is 0 Å².